The van der Waals surface area contributed by atoms with Crippen LogP contribution in [0.4, 0.5) is 5.69 Å². The molecule has 1 saturated heterocycles. The van der Waals surface area contributed by atoms with Crippen LogP contribution in [-0.2, 0) is 0 Å². The van der Waals surface area contributed by atoms with E-state index in [-0.39, 0.29) is 5.84 Å². The number of nitrogens with two attached hydrogens (primary N) is 1. The van der Waals surface area contributed by atoms with E-state index in [2.05, 4.69) is 11.0 Å². The summed E-state index contributed by atoms with van der Waals surface area (Å²) in [7, 11) is 0. The molecule has 1 aromatic rings. The molecule has 1 aromatic carbocycles. The monoisotopic (exact) mass is 261 g/mol. The Morgan fingerprint density at radius 3 is 2.79 bits per heavy atom. The van der Waals surface area contributed by atoms with Crippen LogP contribution in [0.15, 0.2) is 18.2 Å². The van der Waals surface area contributed by atoms with E-state index in [0.29, 0.717) is 0 Å². The number of nitrogen functional groups attached to an aromatic ring is 1. The summed E-state index contributed by atoms with van der Waals surface area (Å²) in [5, 5.41) is 17.9. The van der Waals surface area contributed by atoms with E-state index in [0.717, 1.165) is 49.2 Å². The number of rotatable bonds is 2. The maximum absolute atomic E-state index is 10.2. The molecule has 1 fully saturated rings. The maximum Gasteiger partial charge on any atom is 0.124 e. The molecule has 1 atom stereocenters. The number of amidine groups is 1. The van der Waals surface area contributed by atoms with Crippen LogP contribution >= 0.6 is 0 Å². The van der Waals surface area contributed by atoms with Crippen LogP contribution in [0.5, 0.6) is 0 Å². The molecule has 104 valence electrons. The average molecular weight is 261 g/mol. The molecule has 2 rings (SSSR count). The fourth-order valence-electron chi connectivity index (χ4n) is 2.64. The SMILES string of the molecule is Cc1ccc(C(=N)N)c(N2CCCC(C)(O)CC2)c1. The zero-order chi connectivity index (χ0) is 14.0. The minimum atomic E-state index is -0.574. The van der Waals surface area contributed by atoms with E-state index in [1.807, 2.05) is 26.0 Å². The summed E-state index contributed by atoms with van der Waals surface area (Å²) in [6, 6.07) is 5.97. The van der Waals surface area contributed by atoms with Crippen LogP contribution in [0, 0.1) is 12.3 Å². The Morgan fingerprint density at radius 1 is 1.37 bits per heavy atom. The van der Waals surface area contributed by atoms with E-state index in [1.54, 1.807) is 0 Å². The summed E-state index contributed by atoms with van der Waals surface area (Å²) in [6.07, 6.45) is 2.53. The van der Waals surface area contributed by atoms with Gasteiger partial charge in [-0.3, -0.25) is 5.41 Å². The van der Waals surface area contributed by atoms with Gasteiger partial charge < -0.3 is 15.7 Å². The molecule has 1 aliphatic heterocycles. The molecular weight excluding hydrogens is 238 g/mol. The van der Waals surface area contributed by atoms with Crippen molar-refractivity contribution in [3.63, 3.8) is 0 Å². The van der Waals surface area contributed by atoms with Crippen molar-refractivity contribution < 1.29 is 5.11 Å². The van der Waals surface area contributed by atoms with Crippen molar-refractivity contribution in [2.45, 2.75) is 38.7 Å². The smallest absolute Gasteiger partial charge is 0.124 e. The molecule has 0 spiro atoms. The predicted octanol–water partition coefficient (Wildman–Crippen LogP) is 2.02. The summed E-state index contributed by atoms with van der Waals surface area (Å²) in [6.45, 7) is 5.65. The Balaban J connectivity index is 2.30. The highest BCUT2D eigenvalue weighted by Gasteiger charge is 2.26. The number of anilines is 1. The van der Waals surface area contributed by atoms with Crippen LogP contribution in [0.25, 0.3) is 0 Å². The van der Waals surface area contributed by atoms with E-state index in [1.165, 1.54) is 0 Å². The lowest BCUT2D eigenvalue weighted by Gasteiger charge is -2.26. The van der Waals surface area contributed by atoms with Gasteiger partial charge in [-0.05, 0) is 50.8 Å². The van der Waals surface area contributed by atoms with Crippen LogP contribution in [0.1, 0.15) is 37.3 Å². The van der Waals surface area contributed by atoms with Gasteiger partial charge in [0.1, 0.15) is 5.84 Å². The fraction of sp³-hybridized carbons (Fsp3) is 0.533. The van der Waals surface area contributed by atoms with Crippen molar-refractivity contribution in [3.05, 3.63) is 29.3 Å². The number of nitrogens with zero attached hydrogens (tertiary/aromatic N) is 1. The molecule has 1 aliphatic rings. The molecule has 0 radical (unpaired) electrons. The van der Waals surface area contributed by atoms with Crippen molar-refractivity contribution >= 4 is 11.5 Å². The van der Waals surface area contributed by atoms with Gasteiger partial charge in [-0.1, -0.05) is 6.07 Å². The highest BCUT2D eigenvalue weighted by atomic mass is 16.3. The predicted molar refractivity (Wildman–Crippen MR) is 78.9 cm³/mol. The van der Waals surface area contributed by atoms with Crippen LogP contribution in [-0.4, -0.2) is 29.6 Å². The second-order valence-corrected chi connectivity index (χ2v) is 5.77. The third-order valence-electron chi connectivity index (χ3n) is 3.85. The van der Waals surface area contributed by atoms with E-state index in [4.69, 9.17) is 11.1 Å². The molecule has 1 unspecified atom stereocenters. The zero-order valence-corrected chi connectivity index (χ0v) is 11.7. The number of benzene rings is 1. The minimum absolute atomic E-state index is 0.103. The van der Waals surface area contributed by atoms with Gasteiger partial charge in [-0.15, -0.1) is 0 Å². The first kappa shape index (κ1) is 13.9. The molecule has 4 N–H and O–H groups in total. The molecule has 0 bridgehead atoms. The summed E-state index contributed by atoms with van der Waals surface area (Å²) in [5.41, 5.74) is 8.06. The minimum Gasteiger partial charge on any atom is -0.390 e. The summed E-state index contributed by atoms with van der Waals surface area (Å²) < 4.78 is 0. The third-order valence-corrected chi connectivity index (χ3v) is 3.85. The van der Waals surface area contributed by atoms with Gasteiger partial charge in [0, 0.05) is 24.3 Å². The van der Waals surface area contributed by atoms with Crippen molar-refractivity contribution in [2.75, 3.05) is 18.0 Å². The van der Waals surface area contributed by atoms with Gasteiger partial charge in [0.25, 0.3) is 0 Å². The highest BCUT2D eigenvalue weighted by molar-refractivity contribution is 6.00. The summed E-state index contributed by atoms with van der Waals surface area (Å²) >= 11 is 0. The number of hydrogen-bond donors (Lipinski definition) is 3. The van der Waals surface area contributed by atoms with Crippen molar-refractivity contribution in [3.8, 4) is 0 Å². The maximum atomic E-state index is 10.2. The lowest BCUT2D eigenvalue weighted by Crippen LogP contribution is -2.30. The zero-order valence-electron chi connectivity index (χ0n) is 11.7. The Morgan fingerprint density at radius 2 is 2.11 bits per heavy atom. The molecule has 4 heteroatoms. The molecule has 0 amide bonds. The molecule has 0 aromatic heterocycles. The Hall–Kier alpha value is -1.55. The first-order chi connectivity index (χ1) is 8.89. The topological polar surface area (TPSA) is 73.3 Å². The van der Waals surface area contributed by atoms with Crippen molar-refractivity contribution in [1.29, 1.82) is 5.41 Å². The van der Waals surface area contributed by atoms with E-state index >= 15 is 0 Å². The standard InChI is InChI=1S/C15H23N3O/c1-11-4-5-12(14(16)17)13(10-11)18-8-3-6-15(2,19)7-9-18/h4-5,10,19H,3,6-9H2,1-2H3,(H3,16,17). The number of nitrogens with one attached hydrogen (secondary N) is 1. The first-order valence-electron chi connectivity index (χ1n) is 6.81. The fourth-order valence-corrected chi connectivity index (χ4v) is 2.64. The van der Waals surface area contributed by atoms with Gasteiger partial charge in [0.05, 0.1) is 5.60 Å². The van der Waals surface area contributed by atoms with Gasteiger partial charge in [0.2, 0.25) is 0 Å². The van der Waals surface area contributed by atoms with Crippen molar-refractivity contribution in [2.24, 2.45) is 5.73 Å². The normalized spacial score (nSPS) is 24.1. The van der Waals surface area contributed by atoms with Crippen molar-refractivity contribution in [1.82, 2.24) is 0 Å². The van der Waals surface area contributed by atoms with E-state index < -0.39 is 5.60 Å². The van der Waals surface area contributed by atoms with Crippen LogP contribution in [0.2, 0.25) is 0 Å². The second-order valence-electron chi connectivity index (χ2n) is 5.77. The molecule has 4 nitrogen and oxygen atoms in total. The third kappa shape index (κ3) is 3.26. The molecule has 1 heterocycles. The van der Waals surface area contributed by atoms with Crippen LogP contribution in [0.3, 0.4) is 0 Å². The lowest BCUT2D eigenvalue weighted by atomic mass is 9.98. The Bertz CT molecular complexity index is 482. The number of aryl methyl sites for hydroxylation is 1. The van der Waals surface area contributed by atoms with Gasteiger partial charge in [-0.25, -0.2) is 0 Å². The van der Waals surface area contributed by atoms with Gasteiger partial charge >= 0.3 is 0 Å². The van der Waals surface area contributed by atoms with Crippen LogP contribution < -0.4 is 10.6 Å². The molecule has 19 heavy (non-hydrogen) atoms. The number of aliphatic hydroxyl groups is 1. The second kappa shape index (κ2) is 5.21. The summed E-state index contributed by atoms with van der Waals surface area (Å²) in [5.74, 6) is 0.103. The lowest BCUT2D eigenvalue weighted by molar-refractivity contribution is 0.0481. The number of hydrogen-bond acceptors (Lipinski definition) is 3. The highest BCUT2D eigenvalue weighted by Crippen LogP contribution is 2.28. The Labute approximate surface area is 114 Å². The largest absolute Gasteiger partial charge is 0.390 e. The average Bonchev–Trinajstić information content (AvgIpc) is 2.49. The molecule has 0 aliphatic carbocycles. The first-order valence-corrected chi connectivity index (χ1v) is 6.81. The van der Waals surface area contributed by atoms with E-state index in [9.17, 15) is 5.11 Å². The molecule has 0 saturated carbocycles. The summed E-state index contributed by atoms with van der Waals surface area (Å²) in [4.78, 5) is 2.24. The quantitative estimate of drug-likeness (QED) is 0.563. The van der Waals surface area contributed by atoms with Gasteiger partial charge in [0.15, 0.2) is 0 Å². The van der Waals surface area contributed by atoms with Gasteiger partial charge in [-0.2, -0.15) is 0 Å². The Kier molecular flexibility index (Phi) is 3.80. The molecular formula is C15H23N3O.